The first-order valence-electron chi connectivity index (χ1n) is 7.37. The average molecular weight is 379 g/mol. The van der Waals surface area contributed by atoms with Gasteiger partial charge in [0, 0.05) is 12.1 Å². The van der Waals surface area contributed by atoms with Gasteiger partial charge < -0.3 is 10.1 Å². The third kappa shape index (κ3) is 4.70. The maximum absolute atomic E-state index is 12.3. The van der Waals surface area contributed by atoms with E-state index in [1.165, 1.54) is 25.3 Å². The quantitative estimate of drug-likeness (QED) is 0.580. The number of non-ortho nitro benzene ring substituents is 1. The maximum atomic E-state index is 12.3. The lowest BCUT2D eigenvalue weighted by molar-refractivity contribution is -0.384. The molecule has 0 bridgehead atoms. The van der Waals surface area contributed by atoms with Gasteiger partial charge in [-0.3, -0.25) is 19.2 Å². The standard InChI is InChI=1S/C16H17N3O6S/c1-25-15-9-4-3-8-14(15)17-16(20)11-18(26(2,23)24)12-6-5-7-13(10-12)19(21)22/h3-10H,11H2,1-2H3,(H,17,20). The van der Waals surface area contributed by atoms with E-state index in [0.29, 0.717) is 11.4 Å². The van der Waals surface area contributed by atoms with Gasteiger partial charge in [-0.05, 0) is 18.2 Å². The van der Waals surface area contributed by atoms with Crippen LogP contribution in [-0.4, -0.2) is 39.2 Å². The Labute approximate surface area is 150 Å². The molecule has 1 N–H and O–H groups in total. The molecular weight excluding hydrogens is 362 g/mol. The van der Waals surface area contributed by atoms with Gasteiger partial charge in [-0.2, -0.15) is 0 Å². The number of sulfonamides is 1. The average Bonchev–Trinajstić information content (AvgIpc) is 2.59. The Morgan fingerprint density at radius 3 is 2.54 bits per heavy atom. The Morgan fingerprint density at radius 2 is 1.92 bits per heavy atom. The second-order valence-corrected chi connectivity index (χ2v) is 7.20. The number of ether oxygens (including phenoxy) is 1. The fraction of sp³-hybridized carbons (Fsp3) is 0.188. The Hall–Kier alpha value is -3.14. The van der Waals surface area contributed by atoms with Gasteiger partial charge in [0.05, 0.1) is 29.7 Å². The molecule has 0 unspecified atom stereocenters. The van der Waals surface area contributed by atoms with Gasteiger partial charge in [0.1, 0.15) is 12.3 Å². The fourth-order valence-corrected chi connectivity index (χ4v) is 3.08. The number of amides is 1. The van der Waals surface area contributed by atoms with E-state index in [2.05, 4.69) is 5.32 Å². The van der Waals surface area contributed by atoms with Crippen molar-refractivity contribution in [3.63, 3.8) is 0 Å². The Morgan fingerprint density at radius 1 is 1.23 bits per heavy atom. The van der Waals surface area contributed by atoms with E-state index in [4.69, 9.17) is 4.74 Å². The van der Waals surface area contributed by atoms with Crippen molar-refractivity contribution in [1.29, 1.82) is 0 Å². The molecule has 138 valence electrons. The lowest BCUT2D eigenvalue weighted by atomic mass is 10.2. The van der Waals surface area contributed by atoms with Crippen LogP contribution in [0.5, 0.6) is 5.75 Å². The molecule has 2 aromatic rings. The van der Waals surface area contributed by atoms with E-state index in [9.17, 15) is 23.3 Å². The number of nitrogens with one attached hydrogen (secondary N) is 1. The predicted molar refractivity (Wildman–Crippen MR) is 96.9 cm³/mol. The van der Waals surface area contributed by atoms with Crippen molar-refractivity contribution < 1.29 is 22.9 Å². The zero-order valence-corrected chi connectivity index (χ0v) is 14.9. The molecule has 0 heterocycles. The third-order valence-corrected chi connectivity index (χ3v) is 4.54. The van der Waals surface area contributed by atoms with Crippen LogP contribution in [0.1, 0.15) is 0 Å². The van der Waals surface area contributed by atoms with Gasteiger partial charge in [0.25, 0.3) is 5.69 Å². The topological polar surface area (TPSA) is 119 Å². The SMILES string of the molecule is COc1ccccc1NC(=O)CN(c1cccc([N+](=O)[O-])c1)S(C)(=O)=O. The first kappa shape index (κ1) is 19.2. The van der Waals surface area contributed by atoms with Gasteiger partial charge in [0.15, 0.2) is 0 Å². The highest BCUT2D eigenvalue weighted by Crippen LogP contribution is 2.25. The number of carbonyl (C=O) groups excluding carboxylic acids is 1. The van der Waals surface area contributed by atoms with Crippen molar-refractivity contribution >= 4 is 33.0 Å². The van der Waals surface area contributed by atoms with Crippen LogP contribution in [-0.2, 0) is 14.8 Å². The van der Waals surface area contributed by atoms with Crippen molar-refractivity contribution in [2.75, 3.05) is 29.5 Å². The molecule has 1 amide bonds. The lowest BCUT2D eigenvalue weighted by Crippen LogP contribution is -2.37. The molecule has 2 rings (SSSR count). The monoisotopic (exact) mass is 379 g/mol. The molecule has 26 heavy (non-hydrogen) atoms. The molecule has 0 atom stereocenters. The molecule has 0 aliphatic carbocycles. The van der Waals surface area contributed by atoms with Crippen molar-refractivity contribution in [2.24, 2.45) is 0 Å². The van der Waals surface area contributed by atoms with E-state index in [-0.39, 0.29) is 11.4 Å². The van der Waals surface area contributed by atoms with Gasteiger partial charge in [-0.1, -0.05) is 18.2 Å². The van der Waals surface area contributed by atoms with Crippen molar-refractivity contribution in [1.82, 2.24) is 0 Å². The highest BCUT2D eigenvalue weighted by atomic mass is 32.2. The number of methoxy groups -OCH3 is 1. The second-order valence-electron chi connectivity index (χ2n) is 5.30. The van der Waals surface area contributed by atoms with Gasteiger partial charge in [-0.25, -0.2) is 8.42 Å². The Kier molecular flexibility index (Phi) is 5.78. The largest absolute Gasteiger partial charge is 0.495 e. The molecule has 0 aliphatic heterocycles. The Balaban J connectivity index is 2.28. The number of rotatable bonds is 7. The maximum Gasteiger partial charge on any atom is 0.271 e. The van der Waals surface area contributed by atoms with Crippen LogP contribution >= 0.6 is 0 Å². The number of carbonyl (C=O) groups is 1. The molecule has 0 spiro atoms. The van der Waals surface area contributed by atoms with E-state index >= 15 is 0 Å². The number of para-hydroxylation sites is 2. The number of anilines is 2. The molecule has 0 saturated carbocycles. The van der Waals surface area contributed by atoms with Crippen molar-refractivity contribution in [3.05, 3.63) is 58.6 Å². The van der Waals surface area contributed by atoms with Crippen LogP contribution in [0.15, 0.2) is 48.5 Å². The van der Waals surface area contributed by atoms with Crippen LogP contribution in [0.2, 0.25) is 0 Å². The van der Waals surface area contributed by atoms with Crippen LogP contribution in [0, 0.1) is 10.1 Å². The van der Waals surface area contributed by atoms with Gasteiger partial charge in [0.2, 0.25) is 15.9 Å². The molecule has 10 heteroatoms. The van der Waals surface area contributed by atoms with Crippen LogP contribution < -0.4 is 14.4 Å². The molecule has 9 nitrogen and oxygen atoms in total. The highest BCUT2D eigenvalue weighted by molar-refractivity contribution is 7.92. The molecule has 2 aromatic carbocycles. The fourth-order valence-electron chi connectivity index (χ4n) is 2.23. The molecule has 0 aliphatic rings. The van der Waals surface area contributed by atoms with Crippen LogP contribution in [0.25, 0.3) is 0 Å². The van der Waals surface area contributed by atoms with Crippen molar-refractivity contribution in [3.8, 4) is 5.75 Å². The highest BCUT2D eigenvalue weighted by Gasteiger charge is 2.23. The van der Waals surface area contributed by atoms with E-state index in [0.717, 1.165) is 16.6 Å². The molecule has 0 fully saturated rings. The summed E-state index contributed by atoms with van der Waals surface area (Å²) in [5.74, 6) is -0.200. The summed E-state index contributed by atoms with van der Waals surface area (Å²) in [6.45, 7) is -0.544. The van der Waals surface area contributed by atoms with Crippen LogP contribution in [0.4, 0.5) is 17.1 Å². The van der Waals surface area contributed by atoms with Gasteiger partial charge in [-0.15, -0.1) is 0 Å². The van der Waals surface area contributed by atoms with E-state index < -0.39 is 27.4 Å². The minimum Gasteiger partial charge on any atom is -0.495 e. The summed E-state index contributed by atoms with van der Waals surface area (Å²) in [6.07, 6.45) is 0.919. The number of nitrogens with zero attached hydrogens (tertiary/aromatic N) is 2. The number of nitro groups is 1. The Bertz CT molecular complexity index is 929. The predicted octanol–water partition coefficient (Wildman–Crippen LogP) is 2.01. The summed E-state index contributed by atoms with van der Waals surface area (Å²) in [4.78, 5) is 22.6. The minimum absolute atomic E-state index is 0.0249. The lowest BCUT2D eigenvalue weighted by Gasteiger charge is -2.22. The summed E-state index contributed by atoms with van der Waals surface area (Å²) in [6, 6.07) is 11.7. The normalized spacial score (nSPS) is 10.8. The summed E-state index contributed by atoms with van der Waals surface area (Å²) in [5.41, 5.74) is 0.130. The number of benzene rings is 2. The first-order chi connectivity index (χ1) is 12.2. The molecule has 0 saturated heterocycles. The molecule has 0 aromatic heterocycles. The number of nitro benzene ring substituents is 1. The van der Waals surface area contributed by atoms with Crippen molar-refractivity contribution in [2.45, 2.75) is 0 Å². The first-order valence-corrected chi connectivity index (χ1v) is 9.22. The number of hydrogen-bond acceptors (Lipinski definition) is 6. The summed E-state index contributed by atoms with van der Waals surface area (Å²) < 4.78 is 30.1. The molecular formula is C16H17N3O6S. The number of hydrogen-bond donors (Lipinski definition) is 1. The zero-order valence-electron chi connectivity index (χ0n) is 14.1. The second kappa shape index (κ2) is 7.83. The molecule has 0 radical (unpaired) electrons. The van der Waals surface area contributed by atoms with Gasteiger partial charge >= 0.3 is 0 Å². The summed E-state index contributed by atoms with van der Waals surface area (Å²) in [7, 11) is -2.40. The third-order valence-electron chi connectivity index (χ3n) is 3.40. The van der Waals surface area contributed by atoms with E-state index in [1.807, 2.05) is 0 Å². The smallest absolute Gasteiger partial charge is 0.271 e. The van der Waals surface area contributed by atoms with Crippen LogP contribution in [0.3, 0.4) is 0 Å². The zero-order chi connectivity index (χ0) is 19.3. The minimum atomic E-state index is -3.84. The summed E-state index contributed by atoms with van der Waals surface area (Å²) in [5, 5.41) is 13.5. The summed E-state index contributed by atoms with van der Waals surface area (Å²) >= 11 is 0. The van der Waals surface area contributed by atoms with E-state index in [1.54, 1.807) is 24.3 Å².